The maximum Gasteiger partial charge on any atom is 0.142 e. The fourth-order valence-electron chi connectivity index (χ4n) is 2.67. The molecule has 0 aliphatic carbocycles. The number of thiophene rings is 1. The molecule has 0 saturated carbocycles. The van der Waals surface area contributed by atoms with Crippen molar-refractivity contribution >= 4 is 33.1 Å². The van der Waals surface area contributed by atoms with Gasteiger partial charge in [0.05, 0.1) is 17.0 Å². The van der Waals surface area contributed by atoms with E-state index in [4.69, 9.17) is 5.26 Å². The van der Waals surface area contributed by atoms with Gasteiger partial charge in [0.2, 0.25) is 0 Å². The lowest BCUT2D eigenvalue weighted by Crippen LogP contribution is -1.97. The van der Waals surface area contributed by atoms with Gasteiger partial charge in [0.1, 0.15) is 16.5 Å². The Morgan fingerprint density at radius 3 is 2.64 bits per heavy atom. The number of nitrogens with one attached hydrogen (secondary N) is 1. The Balaban J connectivity index is 1.80. The van der Waals surface area contributed by atoms with E-state index >= 15 is 0 Å². The molecule has 120 valence electrons. The van der Waals surface area contributed by atoms with E-state index < -0.39 is 0 Å². The van der Waals surface area contributed by atoms with Gasteiger partial charge in [0.15, 0.2) is 0 Å². The summed E-state index contributed by atoms with van der Waals surface area (Å²) >= 11 is 1.65. The molecule has 2 aromatic carbocycles. The minimum atomic E-state index is 0.613. The van der Waals surface area contributed by atoms with Gasteiger partial charge in [-0.25, -0.2) is 9.97 Å². The van der Waals surface area contributed by atoms with Gasteiger partial charge in [-0.2, -0.15) is 5.26 Å². The van der Waals surface area contributed by atoms with Gasteiger partial charge in [-0.3, -0.25) is 0 Å². The van der Waals surface area contributed by atoms with Gasteiger partial charge < -0.3 is 5.32 Å². The van der Waals surface area contributed by atoms with Crippen molar-refractivity contribution in [1.29, 1.82) is 5.26 Å². The Bertz CT molecular complexity index is 1090. The summed E-state index contributed by atoms with van der Waals surface area (Å²) in [5.74, 6) is 1.48. The summed E-state index contributed by atoms with van der Waals surface area (Å²) in [6, 6.07) is 21.9. The van der Waals surface area contributed by atoms with Crippen LogP contribution in [0.15, 0.2) is 60.7 Å². The van der Waals surface area contributed by atoms with Gasteiger partial charge in [-0.1, -0.05) is 36.4 Å². The van der Waals surface area contributed by atoms with E-state index in [1.54, 1.807) is 17.4 Å². The van der Waals surface area contributed by atoms with Crippen LogP contribution in [0.25, 0.3) is 20.7 Å². The first-order valence-electron chi connectivity index (χ1n) is 7.84. The largest absolute Gasteiger partial charge is 0.340 e. The normalized spacial score (nSPS) is 10.6. The third kappa shape index (κ3) is 3.08. The van der Waals surface area contributed by atoms with Crippen molar-refractivity contribution < 1.29 is 0 Å². The Morgan fingerprint density at radius 1 is 1.00 bits per heavy atom. The third-order valence-electron chi connectivity index (χ3n) is 3.82. The molecule has 5 heteroatoms. The number of hydrogen-bond acceptors (Lipinski definition) is 5. The molecule has 2 aromatic heterocycles. The SMILES string of the molecule is Cc1nc(Nc2cccc(C#N)c2)c2cc(-c3ccccc3)sc2n1. The number of benzene rings is 2. The van der Waals surface area contributed by atoms with Crippen LogP contribution >= 0.6 is 11.3 Å². The molecule has 1 N–H and O–H groups in total. The van der Waals surface area contributed by atoms with E-state index in [-0.39, 0.29) is 0 Å². The van der Waals surface area contributed by atoms with Crippen molar-refractivity contribution in [2.75, 3.05) is 5.32 Å². The predicted octanol–water partition coefficient (Wildman–Crippen LogP) is 5.28. The van der Waals surface area contributed by atoms with Crippen LogP contribution in [-0.4, -0.2) is 9.97 Å². The molecular formula is C20H14N4S. The Morgan fingerprint density at radius 2 is 1.84 bits per heavy atom. The maximum absolute atomic E-state index is 9.07. The molecule has 0 saturated heterocycles. The fraction of sp³-hybridized carbons (Fsp3) is 0.0500. The van der Waals surface area contributed by atoms with Crippen molar-refractivity contribution in [1.82, 2.24) is 9.97 Å². The second-order valence-electron chi connectivity index (χ2n) is 5.63. The molecule has 0 spiro atoms. The Labute approximate surface area is 149 Å². The summed E-state index contributed by atoms with van der Waals surface area (Å²) in [7, 11) is 0. The molecule has 4 nitrogen and oxygen atoms in total. The van der Waals surface area contributed by atoms with Crippen LogP contribution in [-0.2, 0) is 0 Å². The van der Waals surface area contributed by atoms with Crippen LogP contribution in [0.1, 0.15) is 11.4 Å². The van der Waals surface area contributed by atoms with Crippen LogP contribution in [0, 0.1) is 18.3 Å². The van der Waals surface area contributed by atoms with Gasteiger partial charge in [0, 0.05) is 10.6 Å². The molecule has 4 aromatic rings. The predicted molar refractivity (Wildman–Crippen MR) is 102 cm³/mol. The van der Waals surface area contributed by atoms with Crippen LogP contribution in [0.4, 0.5) is 11.5 Å². The molecule has 0 unspecified atom stereocenters. The summed E-state index contributed by atoms with van der Waals surface area (Å²) in [6.07, 6.45) is 0. The first-order chi connectivity index (χ1) is 12.2. The molecule has 25 heavy (non-hydrogen) atoms. The average Bonchev–Trinajstić information content (AvgIpc) is 3.07. The maximum atomic E-state index is 9.07. The molecule has 0 aliphatic heterocycles. The van der Waals surface area contributed by atoms with Crippen molar-refractivity contribution in [3.63, 3.8) is 0 Å². The second-order valence-corrected chi connectivity index (χ2v) is 6.66. The number of anilines is 2. The fourth-order valence-corrected chi connectivity index (χ4v) is 3.75. The van der Waals surface area contributed by atoms with E-state index in [0.717, 1.165) is 26.6 Å². The van der Waals surface area contributed by atoms with Crippen molar-refractivity contribution in [2.24, 2.45) is 0 Å². The highest BCUT2D eigenvalue weighted by Crippen LogP contribution is 2.36. The van der Waals surface area contributed by atoms with Crippen molar-refractivity contribution in [3.8, 4) is 16.5 Å². The van der Waals surface area contributed by atoms with Crippen LogP contribution in [0.5, 0.6) is 0 Å². The zero-order chi connectivity index (χ0) is 17.2. The number of nitrogens with zero attached hydrogens (tertiary/aromatic N) is 3. The van der Waals surface area contributed by atoms with E-state index in [2.05, 4.69) is 39.6 Å². The molecular weight excluding hydrogens is 328 g/mol. The first kappa shape index (κ1) is 15.3. The van der Waals surface area contributed by atoms with Gasteiger partial charge in [-0.05, 0) is 36.8 Å². The standard InChI is InChI=1S/C20H14N4S/c1-13-22-19(24-16-9-5-6-14(10-16)12-21)17-11-18(25-20(17)23-13)15-7-3-2-4-8-15/h2-11H,1H3,(H,22,23,24). The van der Waals surface area contributed by atoms with Crippen LogP contribution in [0.3, 0.4) is 0 Å². The lowest BCUT2D eigenvalue weighted by atomic mass is 10.2. The Hall–Kier alpha value is -3.23. The molecule has 2 heterocycles. The summed E-state index contributed by atoms with van der Waals surface area (Å²) < 4.78 is 0. The molecule has 0 bridgehead atoms. The lowest BCUT2D eigenvalue weighted by Gasteiger charge is -2.07. The zero-order valence-electron chi connectivity index (χ0n) is 13.5. The molecule has 0 atom stereocenters. The molecule has 4 rings (SSSR count). The average molecular weight is 342 g/mol. The monoisotopic (exact) mass is 342 g/mol. The topological polar surface area (TPSA) is 61.6 Å². The van der Waals surface area contributed by atoms with Crippen LogP contribution < -0.4 is 5.32 Å². The first-order valence-corrected chi connectivity index (χ1v) is 8.65. The van der Waals surface area contributed by atoms with Crippen molar-refractivity contribution in [2.45, 2.75) is 6.92 Å². The summed E-state index contributed by atoms with van der Waals surface area (Å²) in [6.45, 7) is 1.89. The molecule has 0 radical (unpaired) electrons. The summed E-state index contributed by atoms with van der Waals surface area (Å²) in [4.78, 5) is 11.2. The van der Waals surface area contributed by atoms with Crippen LogP contribution in [0.2, 0.25) is 0 Å². The van der Waals surface area contributed by atoms with E-state index in [0.29, 0.717) is 11.4 Å². The molecule has 0 aliphatic rings. The quantitative estimate of drug-likeness (QED) is 0.550. The highest BCUT2D eigenvalue weighted by Gasteiger charge is 2.12. The van der Waals surface area contributed by atoms with Crippen molar-refractivity contribution in [3.05, 3.63) is 72.1 Å². The van der Waals surface area contributed by atoms with E-state index in [1.165, 1.54) is 5.56 Å². The van der Waals surface area contributed by atoms with Gasteiger partial charge >= 0.3 is 0 Å². The smallest absolute Gasteiger partial charge is 0.142 e. The number of aryl methyl sites for hydroxylation is 1. The number of nitriles is 1. The molecule has 0 amide bonds. The molecule has 0 fully saturated rings. The number of rotatable bonds is 3. The minimum absolute atomic E-state index is 0.613. The summed E-state index contributed by atoms with van der Waals surface area (Å²) in [5.41, 5.74) is 2.62. The highest BCUT2D eigenvalue weighted by atomic mass is 32.1. The van der Waals surface area contributed by atoms with Gasteiger partial charge in [0.25, 0.3) is 0 Å². The third-order valence-corrected chi connectivity index (χ3v) is 4.90. The second kappa shape index (κ2) is 6.34. The van der Waals surface area contributed by atoms with Gasteiger partial charge in [-0.15, -0.1) is 11.3 Å². The number of fused-ring (bicyclic) bond motifs is 1. The Kier molecular flexibility index (Phi) is 3.88. The number of hydrogen-bond donors (Lipinski definition) is 1. The lowest BCUT2D eigenvalue weighted by molar-refractivity contribution is 1.10. The zero-order valence-corrected chi connectivity index (χ0v) is 14.3. The minimum Gasteiger partial charge on any atom is -0.340 e. The summed E-state index contributed by atoms with van der Waals surface area (Å²) in [5, 5.41) is 13.4. The number of aromatic nitrogens is 2. The van der Waals surface area contributed by atoms with E-state index in [9.17, 15) is 0 Å². The highest BCUT2D eigenvalue weighted by molar-refractivity contribution is 7.21. The van der Waals surface area contributed by atoms with E-state index in [1.807, 2.05) is 43.3 Å².